The van der Waals surface area contributed by atoms with E-state index in [9.17, 15) is 9.59 Å². The molecule has 0 radical (unpaired) electrons. The third kappa shape index (κ3) is 7.19. The third-order valence-electron chi connectivity index (χ3n) is 4.79. The van der Waals surface area contributed by atoms with Gasteiger partial charge in [-0.15, -0.1) is 0 Å². The number of halogens is 1. The summed E-state index contributed by atoms with van der Waals surface area (Å²) in [7, 11) is 0. The van der Waals surface area contributed by atoms with E-state index in [2.05, 4.69) is 30.4 Å². The summed E-state index contributed by atoms with van der Waals surface area (Å²) in [5, 5.41) is 4.40. The van der Waals surface area contributed by atoms with Crippen LogP contribution in [0.15, 0.2) is 71.8 Å². The molecule has 0 aliphatic heterocycles. The van der Waals surface area contributed by atoms with E-state index in [1.54, 1.807) is 48.5 Å². The maximum Gasteiger partial charge on any atom is 0.343 e. The smallest absolute Gasteiger partial charge is 0.343 e. The number of aryl methyl sites for hydroxylation is 1. The van der Waals surface area contributed by atoms with E-state index >= 15 is 0 Å². The van der Waals surface area contributed by atoms with E-state index < -0.39 is 5.97 Å². The first-order valence-corrected chi connectivity index (χ1v) is 10.8. The van der Waals surface area contributed by atoms with Gasteiger partial charge in [-0.2, -0.15) is 5.10 Å². The Hall–Kier alpha value is -3.64. The van der Waals surface area contributed by atoms with Gasteiger partial charge in [-0.05, 0) is 78.1 Å². The second kappa shape index (κ2) is 11.3. The molecule has 0 bridgehead atoms. The number of hydrogen-bond donors (Lipinski definition) is 1. The molecule has 3 aromatic rings. The number of carbonyl (C=O) groups excluding carboxylic acids is 2. The molecule has 1 amide bonds. The first-order valence-electron chi connectivity index (χ1n) is 10.4. The number of benzene rings is 3. The van der Waals surface area contributed by atoms with Crippen LogP contribution in [0.1, 0.15) is 46.8 Å². The number of nitrogens with zero attached hydrogens (tertiary/aromatic N) is 1. The van der Waals surface area contributed by atoms with Gasteiger partial charge < -0.3 is 9.47 Å². The maximum absolute atomic E-state index is 12.2. The van der Waals surface area contributed by atoms with Gasteiger partial charge in [0.1, 0.15) is 11.5 Å². The number of ether oxygens (including phenoxy) is 2. The van der Waals surface area contributed by atoms with E-state index in [0.29, 0.717) is 28.0 Å². The van der Waals surface area contributed by atoms with Crippen LogP contribution in [0, 0.1) is 6.92 Å². The molecule has 0 atom stereocenters. The molecule has 3 rings (SSSR count). The molecule has 0 fully saturated rings. The molecule has 0 unspecified atom stereocenters. The predicted octanol–water partition coefficient (Wildman–Crippen LogP) is 5.52. The van der Waals surface area contributed by atoms with Crippen molar-refractivity contribution in [3.05, 3.63) is 94.0 Å². The normalized spacial score (nSPS) is 10.9. The SMILES string of the molecule is Cc1ccc(C(C)C)cc1OCC(=O)N/N=C\c1ccc(OC(=O)c2cccc(Cl)c2)cc1. The number of carbonyl (C=O) groups is 2. The van der Waals surface area contributed by atoms with Gasteiger partial charge in [0.15, 0.2) is 6.61 Å². The summed E-state index contributed by atoms with van der Waals surface area (Å²) in [6, 6.07) is 19.2. The molecule has 0 saturated carbocycles. The minimum atomic E-state index is -0.500. The standard InChI is InChI=1S/C26H25ClN2O4/c1-17(2)20-10-7-18(3)24(14-20)32-16-25(30)29-28-15-19-8-11-23(12-9-19)33-26(31)21-5-4-6-22(27)13-21/h4-15,17H,16H2,1-3H3,(H,29,30)/b28-15-. The van der Waals surface area contributed by atoms with E-state index in [1.165, 1.54) is 6.21 Å². The van der Waals surface area contributed by atoms with Crippen LogP contribution in [0.3, 0.4) is 0 Å². The topological polar surface area (TPSA) is 77.0 Å². The van der Waals surface area contributed by atoms with E-state index in [1.807, 2.05) is 19.1 Å². The van der Waals surface area contributed by atoms with Crippen molar-refractivity contribution in [3.8, 4) is 11.5 Å². The van der Waals surface area contributed by atoms with Crippen LogP contribution in [-0.2, 0) is 4.79 Å². The monoisotopic (exact) mass is 464 g/mol. The first-order chi connectivity index (χ1) is 15.8. The van der Waals surface area contributed by atoms with Crippen molar-refractivity contribution >= 4 is 29.7 Å². The fourth-order valence-corrected chi connectivity index (χ4v) is 3.08. The Morgan fingerprint density at radius 2 is 1.82 bits per heavy atom. The van der Waals surface area contributed by atoms with Crippen LogP contribution in [0.5, 0.6) is 11.5 Å². The lowest BCUT2D eigenvalue weighted by molar-refractivity contribution is -0.123. The quantitative estimate of drug-likeness (QED) is 0.206. The van der Waals surface area contributed by atoms with E-state index in [-0.39, 0.29) is 12.5 Å². The third-order valence-corrected chi connectivity index (χ3v) is 5.03. The molecular weight excluding hydrogens is 440 g/mol. The van der Waals surface area contributed by atoms with Crippen LogP contribution >= 0.6 is 11.6 Å². The fraction of sp³-hybridized carbons (Fsp3) is 0.192. The molecule has 1 N–H and O–H groups in total. The van der Waals surface area contributed by atoms with Crippen LogP contribution in [0.4, 0.5) is 0 Å². The van der Waals surface area contributed by atoms with Gasteiger partial charge in [0.25, 0.3) is 5.91 Å². The molecule has 0 aromatic heterocycles. The molecule has 0 heterocycles. The summed E-state index contributed by atoms with van der Waals surface area (Å²) in [6.07, 6.45) is 1.49. The maximum atomic E-state index is 12.2. The van der Waals surface area contributed by atoms with Crippen LogP contribution in [0.25, 0.3) is 0 Å². The van der Waals surface area contributed by atoms with Crippen LogP contribution in [0.2, 0.25) is 5.02 Å². The minimum absolute atomic E-state index is 0.141. The largest absolute Gasteiger partial charge is 0.483 e. The van der Waals surface area contributed by atoms with Gasteiger partial charge in [-0.1, -0.05) is 43.6 Å². The first kappa shape index (κ1) is 24.0. The van der Waals surface area contributed by atoms with Gasteiger partial charge in [0.05, 0.1) is 11.8 Å². The van der Waals surface area contributed by atoms with Crippen molar-refractivity contribution < 1.29 is 19.1 Å². The summed E-state index contributed by atoms with van der Waals surface area (Å²) < 4.78 is 11.0. The zero-order chi connectivity index (χ0) is 23.8. The average Bonchev–Trinajstić information content (AvgIpc) is 2.79. The molecule has 3 aromatic carbocycles. The summed E-state index contributed by atoms with van der Waals surface area (Å²) in [5.41, 5.74) is 5.64. The lowest BCUT2D eigenvalue weighted by Crippen LogP contribution is -2.24. The number of rotatable bonds is 8. The zero-order valence-corrected chi connectivity index (χ0v) is 19.4. The molecule has 170 valence electrons. The molecule has 7 heteroatoms. The molecule has 0 aliphatic carbocycles. The number of hydrogen-bond acceptors (Lipinski definition) is 5. The lowest BCUT2D eigenvalue weighted by atomic mass is 10.0. The van der Waals surface area contributed by atoms with Gasteiger partial charge >= 0.3 is 5.97 Å². The highest BCUT2D eigenvalue weighted by Gasteiger charge is 2.09. The summed E-state index contributed by atoms with van der Waals surface area (Å²) in [4.78, 5) is 24.2. The summed E-state index contributed by atoms with van der Waals surface area (Å²) in [6.45, 7) is 6.00. The Labute approximate surface area is 198 Å². The Kier molecular flexibility index (Phi) is 8.22. The number of amides is 1. The Morgan fingerprint density at radius 3 is 2.52 bits per heavy atom. The molecule has 33 heavy (non-hydrogen) atoms. The predicted molar refractivity (Wildman–Crippen MR) is 129 cm³/mol. The fourth-order valence-electron chi connectivity index (χ4n) is 2.89. The Bertz CT molecular complexity index is 1160. The van der Waals surface area contributed by atoms with Gasteiger partial charge in [-0.25, -0.2) is 10.2 Å². The van der Waals surface area contributed by atoms with E-state index in [4.69, 9.17) is 21.1 Å². The zero-order valence-electron chi connectivity index (χ0n) is 18.7. The molecule has 0 aliphatic rings. The number of hydrazone groups is 1. The average molecular weight is 465 g/mol. The number of esters is 1. The minimum Gasteiger partial charge on any atom is -0.483 e. The van der Waals surface area contributed by atoms with Crippen LogP contribution < -0.4 is 14.9 Å². The van der Waals surface area contributed by atoms with Gasteiger partial charge in [-0.3, -0.25) is 4.79 Å². The van der Waals surface area contributed by atoms with Gasteiger partial charge in [0, 0.05) is 5.02 Å². The molecular formula is C26H25ClN2O4. The van der Waals surface area contributed by atoms with Crippen molar-refractivity contribution in [2.24, 2.45) is 5.10 Å². The second-order valence-electron chi connectivity index (χ2n) is 7.73. The van der Waals surface area contributed by atoms with E-state index in [0.717, 1.165) is 16.7 Å². The van der Waals surface area contributed by atoms with Crippen molar-refractivity contribution in [1.29, 1.82) is 0 Å². The van der Waals surface area contributed by atoms with Crippen LogP contribution in [-0.4, -0.2) is 24.7 Å². The van der Waals surface area contributed by atoms with Gasteiger partial charge in [0.2, 0.25) is 0 Å². The Balaban J connectivity index is 1.49. The Morgan fingerprint density at radius 1 is 1.06 bits per heavy atom. The molecule has 0 spiro atoms. The van der Waals surface area contributed by atoms with Crippen molar-refractivity contribution in [2.45, 2.75) is 26.7 Å². The highest BCUT2D eigenvalue weighted by Crippen LogP contribution is 2.24. The number of nitrogens with one attached hydrogen (secondary N) is 1. The summed E-state index contributed by atoms with van der Waals surface area (Å²) in [5.74, 6) is 0.572. The second-order valence-corrected chi connectivity index (χ2v) is 8.17. The van der Waals surface area contributed by atoms with Crippen molar-refractivity contribution in [1.82, 2.24) is 5.43 Å². The highest BCUT2D eigenvalue weighted by molar-refractivity contribution is 6.30. The summed E-state index contributed by atoms with van der Waals surface area (Å²) >= 11 is 5.90. The van der Waals surface area contributed by atoms with Crippen molar-refractivity contribution in [2.75, 3.05) is 6.61 Å². The molecule has 6 nitrogen and oxygen atoms in total. The van der Waals surface area contributed by atoms with Crippen molar-refractivity contribution in [3.63, 3.8) is 0 Å². The lowest BCUT2D eigenvalue weighted by Gasteiger charge is -2.12. The molecule has 0 saturated heterocycles. The highest BCUT2D eigenvalue weighted by atomic mass is 35.5.